The van der Waals surface area contributed by atoms with E-state index in [9.17, 15) is 22.8 Å². The Hall–Kier alpha value is -4.02. The summed E-state index contributed by atoms with van der Waals surface area (Å²) in [7, 11) is 0. The summed E-state index contributed by atoms with van der Waals surface area (Å²) in [5.41, 5.74) is 1.58. The molecule has 0 radical (unpaired) electrons. The van der Waals surface area contributed by atoms with Crippen LogP contribution in [-0.4, -0.2) is 47.4 Å². The zero-order chi connectivity index (χ0) is 29.2. The summed E-state index contributed by atoms with van der Waals surface area (Å²) in [6, 6.07) is 7.10. The van der Waals surface area contributed by atoms with E-state index in [1.54, 1.807) is 59.9 Å². The van der Waals surface area contributed by atoms with Crippen molar-refractivity contribution in [3.8, 4) is 16.9 Å². The molecule has 0 unspecified atom stereocenters. The van der Waals surface area contributed by atoms with Gasteiger partial charge in [0.1, 0.15) is 17.0 Å². The van der Waals surface area contributed by atoms with Crippen molar-refractivity contribution in [3.63, 3.8) is 0 Å². The van der Waals surface area contributed by atoms with Crippen molar-refractivity contribution in [1.82, 2.24) is 4.90 Å². The Bertz CT molecular complexity index is 1250. The highest BCUT2D eigenvalue weighted by Crippen LogP contribution is 2.43. The van der Waals surface area contributed by atoms with Crippen LogP contribution in [0.4, 0.5) is 34.1 Å². The van der Waals surface area contributed by atoms with Crippen LogP contribution in [0.25, 0.3) is 17.2 Å². The molecular formula is C28H32F3N3O5. The highest BCUT2D eigenvalue weighted by Gasteiger charge is 2.33. The first-order valence-electron chi connectivity index (χ1n) is 12.2. The van der Waals surface area contributed by atoms with Crippen LogP contribution < -0.4 is 10.1 Å². The normalized spacial score (nSPS) is 13.2. The van der Waals surface area contributed by atoms with E-state index >= 15 is 0 Å². The van der Waals surface area contributed by atoms with Crippen LogP contribution in [-0.2, 0) is 16.0 Å². The van der Waals surface area contributed by atoms with Gasteiger partial charge in [0.25, 0.3) is 0 Å². The number of rotatable bonds is 5. The van der Waals surface area contributed by atoms with Gasteiger partial charge in [-0.15, -0.1) is 13.2 Å². The highest BCUT2D eigenvalue weighted by molar-refractivity contribution is 5.96. The number of nitrogens with zero attached hydrogens (tertiary/aromatic N) is 2. The van der Waals surface area contributed by atoms with E-state index in [0.29, 0.717) is 40.2 Å². The van der Waals surface area contributed by atoms with Crippen molar-refractivity contribution < 1.29 is 37.0 Å². The van der Waals surface area contributed by atoms with Crippen molar-refractivity contribution in [2.75, 3.05) is 11.9 Å². The van der Waals surface area contributed by atoms with Crippen LogP contribution in [0.3, 0.4) is 0 Å². The van der Waals surface area contributed by atoms with E-state index in [1.807, 2.05) is 0 Å². The SMILES string of the molecule is C=Cc1c(CN(C(=O)OC(C)(C)C)C(=O)OC(C)(C)C)cc(-c2ccc(OC(F)(F)F)cc2)c2c1N=CCN2. The van der Waals surface area contributed by atoms with Crippen molar-refractivity contribution in [2.24, 2.45) is 4.99 Å². The molecule has 0 atom stereocenters. The van der Waals surface area contributed by atoms with Crippen molar-refractivity contribution in [1.29, 1.82) is 0 Å². The van der Waals surface area contributed by atoms with Gasteiger partial charge in [0.05, 0.1) is 24.5 Å². The zero-order valence-electron chi connectivity index (χ0n) is 22.7. The number of ether oxygens (including phenoxy) is 3. The Balaban J connectivity index is 2.12. The molecule has 1 N–H and O–H groups in total. The molecule has 210 valence electrons. The maximum Gasteiger partial charge on any atom is 0.573 e. The van der Waals surface area contributed by atoms with Gasteiger partial charge in [-0.2, -0.15) is 0 Å². The fourth-order valence-corrected chi connectivity index (χ4v) is 3.77. The third-order valence-corrected chi connectivity index (χ3v) is 5.18. The summed E-state index contributed by atoms with van der Waals surface area (Å²) in [5, 5.41) is 3.24. The number of amides is 2. The first kappa shape index (κ1) is 29.5. The molecule has 0 aromatic heterocycles. The number of anilines is 1. The van der Waals surface area contributed by atoms with Gasteiger partial charge in [0.2, 0.25) is 0 Å². The molecule has 11 heteroatoms. The molecule has 0 fully saturated rings. The molecule has 2 aromatic rings. The predicted molar refractivity (Wildman–Crippen MR) is 143 cm³/mol. The summed E-state index contributed by atoms with van der Waals surface area (Å²) in [6.07, 6.45) is -3.40. The number of imide groups is 1. The van der Waals surface area contributed by atoms with Crippen LogP contribution in [0.2, 0.25) is 0 Å². The van der Waals surface area contributed by atoms with E-state index in [4.69, 9.17) is 9.47 Å². The quantitative estimate of drug-likeness (QED) is 0.413. The molecule has 8 nitrogen and oxygen atoms in total. The van der Waals surface area contributed by atoms with Crippen LogP contribution in [0.1, 0.15) is 52.7 Å². The summed E-state index contributed by atoms with van der Waals surface area (Å²) >= 11 is 0. The van der Waals surface area contributed by atoms with Crippen LogP contribution in [0.5, 0.6) is 5.75 Å². The molecule has 0 bridgehead atoms. The Morgan fingerprint density at radius 2 is 1.59 bits per heavy atom. The second kappa shape index (κ2) is 11.0. The van der Waals surface area contributed by atoms with Crippen molar-refractivity contribution in [2.45, 2.75) is 65.7 Å². The van der Waals surface area contributed by atoms with E-state index < -0.39 is 29.8 Å². The van der Waals surface area contributed by atoms with E-state index in [0.717, 1.165) is 4.90 Å². The Labute approximate surface area is 225 Å². The van der Waals surface area contributed by atoms with Gasteiger partial charge < -0.3 is 19.5 Å². The van der Waals surface area contributed by atoms with Gasteiger partial charge in [-0.1, -0.05) is 24.8 Å². The molecule has 0 aliphatic carbocycles. The predicted octanol–water partition coefficient (Wildman–Crippen LogP) is 7.70. The molecule has 2 aromatic carbocycles. The van der Waals surface area contributed by atoms with Crippen molar-refractivity contribution in [3.05, 3.63) is 48.0 Å². The molecule has 1 aliphatic rings. The monoisotopic (exact) mass is 547 g/mol. The minimum absolute atomic E-state index is 0.240. The number of alkyl halides is 3. The molecule has 0 saturated heterocycles. The van der Waals surface area contributed by atoms with Crippen LogP contribution in [0, 0.1) is 0 Å². The summed E-state index contributed by atoms with van der Waals surface area (Å²) < 4.78 is 52.9. The number of fused-ring (bicyclic) bond motifs is 1. The van der Waals surface area contributed by atoms with E-state index in [1.165, 1.54) is 24.3 Å². The lowest BCUT2D eigenvalue weighted by Gasteiger charge is -2.29. The smallest absolute Gasteiger partial charge is 0.443 e. The summed E-state index contributed by atoms with van der Waals surface area (Å²) in [5.74, 6) is -0.366. The maximum absolute atomic E-state index is 13.1. The number of benzene rings is 2. The molecule has 39 heavy (non-hydrogen) atoms. The van der Waals surface area contributed by atoms with Gasteiger partial charge in [0, 0.05) is 17.3 Å². The number of hydrogen-bond acceptors (Lipinski definition) is 7. The molecule has 1 aliphatic heterocycles. The number of nitrogens with one attached hydrogen (secondary N) is 1. The first-order chi connectivity index (χ1) is 18.0. The second-order valence-electron chi connectivity index (χ2n) is 10.7. The van der Waals surface area contributed by atoms with Gasteiger partial charge >= 0.3 is 18.5 Å². The Morgan fingerprint density at radius 3 is 2.08 bits per heavy atom. The van der Waals surface area contributed by atoms with Crippen LogP contribution in [0.15, 0.2) is 41.9 Å². The van der Waals surface area contributed by atoms with E-state index in [-0.39, 0.29) is 12.3 Å². The second-order valence-corrected chi connectivity index (χ2v) is 10.7. The lowest BCUT2D eigenvalue weighted by Crippen LogP contribution is -2.43. The van der Waals surface area contributed by atoms with Gasteiger partial charge in [-0.25, -0.2) is 14.5 Å². The number of halogens is 3. The van der Waals surface area contributed by atoms with Crippen LogP contribution >= 0.6 is 0 Å². The topological polar surface area (TPSA) is 89.5 Å². The lowest BCUT2D eigenvalue weighted by molar-refractivity contribution is -0.274. The third kappa shape index (κ3) is 7.98. The number of hydrogen-bond donors (Lipinski definition) is 1. The zero-order valence-corrected chi connectivity index (χ0v) is 22.7. The average Bonchev–Trinajstić information content (AvgIpc) is 2.79. The Kier molecular flexibility index (Phi) is 8.33. The van der Waals surface area contributed by atoms with Gasteiger partial charge in [-0.05, 0) is 70.9 Å². The van der Waals surface area contributed by atoms with E-state index in [2.05, 4.69) is 21.6 Å². The number of aliphatic imine (C=N–C) groups is 1. The number of carbonyl (C=O) groups is 2. The number of carbonyl (C=O) groups excluding carboxylic acids is 2. The molecule has 1 heterocycles. The minimum Gasteiger partial charge on any atom is -0.443 e. The molecule has 0 saturated carbocycles. The first-order valence-corrected chi connectivity index (χ1v) is 12.2. The summed E-state index contributed by atoms with van der Waals surface area (Å²) in [6.45, 7) is 14.1. The van der Waals surface area contributed by atoms with Gasteiger partial charge in [-0.3, -0.25) is 4.99 Å². The molecule has 2 amide bonds. The molecular weight excluding hydrogens is 515 g/mol. The molecule has 0 spiro atoms. The van der Waals surface area contributed by atoms with Crippen molar-refractivity contribution >= 4 is 35.9 Å². The summed E-state index contributed by atoms with van der Waals surface area (Å²) in [4.78, 5) is 31.6. The van der Waals surface area contributed by atoms with Gasteiger partial charge in [0.15, 0.2) is 0 Å². The Morgan fingerprint density at radius 1 is 1.03 bits per heavy atom. The lowest BCUT2D eigenvalue weighted by atomic mass is 9.93. The molecule has 3 rings (SSSR count). The standard InChI is InChI=1S/C28H32F3N3O5/c1-8-20-18(16-34(24(35)38-26(2,3)4)25(36)39-27(5,6)7)15-21(23-22(20)32-13-14-33-23)17-9-11-19(12-10-17)37-28(29,30)31/h8-13,15,33H,1,14,16H2,2-7H3. The largest absolute Gasteiger partial charge is 0.573 e. The maximum atomic E-state index is 13.1. The fourth-order valence-electron chi connectivity index (χ4n) is 3.77. The average molecular weight is 548 g/mol. The minimum atomic E-state index is -4.82. The highest BCUT2D eigenvalue weighted by atomic mass is 19.4. The fraction of sp³-hybridized carbons (Fsp3) is 0.393. The third-order valence-electron chi connectivity index (χ3n) is 5.18.